The maximum absolute atomic E-state index is 11.2. The maximum Gasteiger partial charge on any atom is 0.332 e. The molecular weight excluding hydrogens is 168 g/mol. The standard InChI is InChI=1S/C9H16N2O2/c1-4-5-11-6-8(9(12)13-3)10-7(11)2/h8H,4-6H2,1-3H3. The summed E-state index contributed by atoms with van der Waals surface area (Å²) >= 11 is 0. The summed E-state index contributed by atoms with van der Waals surface area (Å²) in [5.41, 5.74) is 0. The molecule has 0 saturated heterocycles. The lowest BCUT2D eigenvalue weighted by atomic mass is 10.3. The fourth-order valence-corrected chi connectivity index (χ4v) is 1.48. The summed E-state index contributed by atoms with van der Waals surface area (Å²) in [6.45, 7) is 5.67. The van der Waals surface area contributed by atoms with E-state index in [-0.39, 0.29) is 12.0 Å². The lowest BCUT2D eigenvalue weighted by Gasteiger charge is -2.17. The molecule has 0 N–H and O–H groups in total. The molecule has 0 bridgehead atoms. The van der Waals surface area contributed by atoms with E-state index >= 15 is 0 Å². The molecule has 0 fully saturated rings. The Bertz CT molecular complexity index is 226. The molecule has 0 aromatic carbocycles. The number of esters is 1. The van der Waals surface area contributed by atoms with E-state index in [2.05, 4.69) is 21.6 Å². The van der Waals surface area contributed by atoms with E-state index in [0.717, 1.165) is 18.8 Å². The molecule has 0 amide bonds. The first-order valence-corrected chi connectivity index (χ1v) is 4.56. The van der Waals surface area contributed by atoms with E-state index in [1.165, 1.54) is 7.11 Å². The van der Waals surface area contributed by atoms with Crippen molar-refractivity contribution >= 4 is 11.8 Å². The SMILES string of the molecule is CCCN1CC(C(=O)OC)N=C1C. The second-order valence-corrected chi connectivity index (χ2v) is 3.16. The number of amidine groups is 1. The Morgan fingerprint density at radius 3 is 3.00 bits per heavy atom. The molecule has 1 aliphatic rings. The topological polar surface area (TPSA) is 41.9 Å². The average Bonchev–Trinajstić information content (AvgIpc) is 2.47. The number of carbonyl (C=O) groups excluding carboxylic acids is 1. The Labute approximate surface area is 78.6 Å². The maximum atomic E-state index is 11.2. The van der Waals surface area contributed by atoms with Crippen molar-refractivity contribution in [2.45, 2.75) is 26.3 Å². The van der Waals surface area contributed by atoms with Crippen LogP contribution in [0.25, 0.3) is 0 Å². The first-order chi connectivity index (χ1) is 6.19. The van der Waals surface area contributed by atoms with Crippen molar-refractivity contribution in [2.75, 3.05) is 20.2 Å². The average molecular weight is 184 g/mol. The van der Waals surface area contributed by atoms with Gasteiger partial charge < -0.3 is 9.64 Å². The van der Waals surface area contributed by atoms with Crippen molar-refractivity contribution < 1.29 is 9.53 Å². The third-order valence-electron chi connectivity index (χ3n) is 2.16. The third kappa shape index (κ3) is 2.20. The molecule has 13 heavy (non-hydrogen) atoms. The van der Waals surface area contributed by atoms with Crippen LogP contribution in [0.1, 0.15) is 20.3 Å². The van der Waals surface area contributed by atoms with Crippen LogP contribution in [0.15, 0.2) is 4.99 Å². The lowest BCUT2D eigenvalue weighted by molar-refractivity contribution is -0.141. The molecule has 0 radical (unpaired) electrons. The second-order valence-electron chi connectivity index (χ2n) is 3.16. The van der Waals surface area contributed by atoms with Gasteiger partial charge in [0.1, 0.15) is 0 Å². The lowest BCUT2D eigenvalue weighted by Crippen LogP contribution is -2.31. The summed E-state index contributed by atoms with van der Waals surface area (Å²) in [6, 6.07) is -0.309. The Balaban J connectivity index is 2.54. The van der Waals surface area contributed by atoms with Crippen LogP contribution >= 0.6 is 0 Å². The van der Waals surface area contributed by atoms with Gasteiger partial charge in [-0.25, -0.2) is 4.79 Å². The molecule has 4 heteroatoms. The van der Waals surface area contributed by atoms with E-state index in [0.29, 0.717) is 6.54 Å². The van der Waals surface area contributed by atoms with Crippen molar-refractivity contribution in [1.29, 1.82) is 0 Å². The van der Waals surface area contributed by atoms with Gasteiger partial charge in [-0.1, -0.05) is 6.92 Å². The summed E-state index contributed by atoms with van der Waals surface area (Å²) in [5.74, 6) is 0.704. The largest absolute Gasteiger partial charge is 0.467 e. The van der Waals surface area contributed by atoms with Crippen molar-refractivity contribution in [3.8, 4) is 0 Å². The number of methoxy groups -OCH3 is 1. The number of nitrogens with zero attached hydrogens (tertiary/aromatic N) is 2. The molecule has 0 aromatic rings. The minimum absolute atomic E-state index is 0.238. The van der Waals surface area contributed by atoms with E-state index in [4.69, 9.17) is 0 Å². The van der Waals surface area contributed by atoms with Crippen LogP contribution in [0.3, 0.4) is 0 Å². The first kappa shape index (κ1) is 10.0. The fourth-order valence-electron chi connectivity index (χ4n) is 1.48. The highest BCUT2D eigenvalue weighted by molar-refractivity contribution is 5.88. The summed E-state index contributed by atoms with van der Waals surface area (Å²) < 4.78 is 4.64. The number of aliphatic imine (C=N–C) groups is 1. The Morgan fingerprint density at radius 1 is 1.77 bits per heavy atom. The monoisotopic (exact) mass is 184 g/mol. The van der Waals surface area contributed by atoms with Crippen LogP contribution in [0.2, 0.25) is 0 Å². The van der Waals surface area contributed by atoms with E-state index in [1.54, 1.807) is 0 Å². The van der Waals surface area contributed by atoms with Gasteiger partial charge in [0.2, 0.25) is 0 Å². The van der Waals surface area contributed by atoms with Crippen LogP contribution in [0.5, 0.6) is 0 Å². The highest BCUT2D eigenvalue weighted by atomic mass is 16.5. The molecule has 74 valence electrons. The predicted molar refractivity (Wildman–Crippen MR) is 50.8 cm³/mol. The molecule has 0 aromatic heterocycles. The number of carbonyl (C=O) groups is 1. The highest BCUT2D eigenvalue weighted by Crippen LogP contribution is 2.10. The molecule has 4 nitrogen and oxygen atoms in total. The Morgan fingerprint density at radius 2 is 2.46 bits per heavy atom. The van der Waals surface area contributed by atoms with Crippen molar-refractivity contribution in [1.82, 2.24) is 4.90 Å². The molecule has 1 unspecified atom stereocenters. The van der Waals surface area contributed by atoms with E-state index < -0.39 is 0 Å². The van der Waals surface area contributed by atoms with Gasteiger partial charge in [0.25, 0.3) is 0 Å². The van der Waals surface area contributed by atoms with Gasteiger partial charge in [0, 0.05) is 6.54 Å². The van der Waals surface area contributed by atoms with Gasteiger partial charge in [-0.15, -0.1) is 0 Å². The zero-order valence-corrected chi connectivity index (χ0v) is 8.41. The minimum Gasteiger partial charge on any atom is -0.467 e. The fraction of sp³-hybridized carbons (Fsp3) is 0.778. The van der Waals surface area contributed by atoms with Gasteiger partial charge in [-0.05, 0) is 13.3 Å². The number of hydrogen-bond donors (Lipinski definition) is 0. The smallest absolute Gasteiger partial charge is 0.332 e. The Hall–Kier alpha value is -1.06. The van der Waals surface area contributed by atoms with Crippen LogP contribution in [-0.2, 0) is 9.53 Å². The van der Waals surface area contributed by atoms with Crippen LogP contribution in [0.4, 0.5) is 0 Å². The molecule has 1 rings (SSSR count). The zero-order valence-electron chi connectivity index (χ0n) is 8.41. The minimum atomic E-state index is -0.309. The normalized spacial score (nSPS) is 21.6. The summed E-state index contributed by atoms with van der Waals surface area (Å²) in [5, 5.41) is 0. The third-order valence-corrected chi connectivity index (χ3v) is 2.16. The second kappa shape index (κ2) is 4.25. The van der Waals surface area contributed by atoms with Crippen molar-refractivity contribution in [3.63, 3.8) is 0 Å². The van der Waals surface area contributed by atoms with Crippen molar-refractivity contribution in [2.24, 2.45) is 4.99 Å². The molecule has 0 saturated carbocycles. The molecule has 1 aliphatic heterocycles. The summed E-state index contributed by atoms with van der Waals surface area (Å²) in [4.78, 5) is 17.5. The molecular formula is C9H16N2O2. The molecule has 0 spiro atoms. The number of rotatable bonds is 3. The predicted octanol–water partition coefficient (Wildman–Crippen LogP) is 0.672. The molecule has 1 atom stereocenters. The van der Waals surface area contributed by atoms with E-state index in [9.17, 15) is 4.79 Å². The van der Waals surface area contributed by atoms with Crippen molar-refractivity contribution in [3.05, 3.63) is 0 Å². The zero-order chi connectivity index (χ0) is 9.84. The number of hydrogen-bond acceptors (Lipinski definition) is 4. The highest BCUT2D eigenvalue weighted by Gasteiger charge is 2.27. The quantitative estimate of drug-likeness (QED) is 0.605. The Kier molecular flexibility index (Phi) is 3.28. The number of ether oxygens (including phenoxy) is 1. The summed E-state index contributed by atoms with van der Waals surface area (Å²) in [7, 11) is 1.40. The van der Waals surface area contributed by atoms with E-state index in [1.807, 2.05) is 6.92 Å². The van der Waals surface area contributed by atoms with Gasteiger partial charge in [-0.2, -0.15) is 0 Å². The van der Waals surface area contributed by atoms with Gasteiger partial charge in [-0.3, -0.25) is 4.99 Å². The first-order valence-electron chi connectivity index (χ1n) is 4.56. The van der Waals surface area contributed by atoms with Gasteiger partial charge >= 0.3 is 5.97 Å². The molecule has 1 heterocycles. The van der Waals surface area contributed by atoms with Gasteiger partial charge in [0.05, 0.1) is 19.5 Å². The van der Waals surface area contributed by atoms with Crippen LogP contribution in [0, 0.1) is 0 Å². The molecule has 0 aliphatic carbocycles. The van der Waals surface area contributed by atoms with Gasteiger partial charge in [0.15, 0.2) is 6.04 Å². The van der Waals surface area contributed by atoms with Crippen LogP contribution < -0.4 is 0 Å². The summed E-state index contributed by atoms with van der Waals surface area (Å²) in [6.07, 6.45) is 1.07. The van der Waals surface area contributed by atoms with Crippen LogP contribution in [-0.4, -0.2) is 42.9 Å².